The first-order valence-corrected chi connectivity index (χ1v) is 8.98. The van der Waals surface area contributed by atoms with Crippen LogP contribution in [0.3, 0.4) is 0 Å². The number of nitrogens with zero attached hydrogens (tertiary/aromatic N) is 2. The fourth-order valence-electron chi connectivity index (χ4n) is 3.91. The van der Waals surface area contributed by atoms with Gasteiger partial charge in [0.2, 0.25) is 11.8 Å². The van der Waals surface area contributed by atoms with Crippen molar-refractivity contribution < 1.29 is 14.0 Å². The second kappa shape index (κ2) is 6.56. The standard InChI is InChI=1S/C21H21FN2O2/c1-23(18-9-6-17(22)7-10-18)21(26)16-12-20(25)24(13-16)19-8-5-14-3-2-4-15(14)11-19/h5-11,16H,2-4,12-13H2,1H3/t16-/m0/s1. The third-order valence-corrected chi connectivity index (χ3v) is 5.41. The first kappa shape index (κ1) is 16.8. The summed E-state index contributed by atoms with van der Waals surface area (Å²) in [6, 6.07) is 12.0. The van der Waals surface area contributed by atoms with E-state index >= 15 is 0 Å². The number of carbonyl (C=O) groups excluding carboxylic acids is 2. The normalized spacial score (nSPS) is 18.9. The number of hydrogen-bond donors (Lipinski definition) is 0. The van der Waals surface area contributed by atoms with Gasteiger partial charge in [0.15, 0.2) is 0 Å². The van der Waals surface area contributed by atoms with Crippen molar-refractivity contribution in [2.24, 2.45) is 5.92 Å². The van der Waals surface area contributed by atoms with E-state index in [-0.39, 0.29) is 30.0 Å². The number of fused-ring (bicyclic) bond motifs is 1. The van der Waals surface area contributed by atoms with E-state index < -0.39 is 0 Å². The Kier molecular flexibility index (Phi) is 4.23. The van der Waals surface area contributed by atoms with Gasteiger partial charge in [-0.3, -0.25) is 9.59 Å². The van der Waals surface area contributed by atoms with Crippen LogP contribution in [0, 0.1) is 11.7 Å². The Bertz CT molecular complexity index is 863. The van der Waals surface area contributed by atoms with Crippen molar-refractivity contribution in [1.82, 2.24) is 0 Å². The van der Waals surface area contributed by atoms with Crippen molar-refractivity contribution in [1.29, 1.82) is 0 Å². The SMILES string of the molecule is CN(C(=O)[C@H]1CC(=O)N(c2ccc3c(c2)CCC3)C1)c1ccc(F)cc1. The summed E-state index contributed by atoms with van der Waals surface area (Å²) in [6.45, 7) is 0.391. The second-order valence-corrected chi connectivity index (χ2v) is 7.09. The van der Waals surface area contributed by atoms with Gasteiger partial charge in [0, 0.05) is 31.4 Å². The topological polar surface area (TPSA) is 40.6 Å². The van der Waals surface area contributed by atoms with Crippen molar-refractivity contribution in [3.05, 3.63) is 59.4 Å². The largest absolute Gasteiger partial charge is 0.315 e. The maximum Gasteiger partial charge on any atom is 0.232 e. The van der Waals surface area contributed by atoms with E-state index in [4.69, 9.17) is 0 Å². The Morgan fingerprint density at radius 1 is 1.12 bits per heavy atom. The fourth-order valence-corrected chi connectivity index (χ4v) is 3.91. The van der Waals surface area contributed by atoms with Crippen LogP contribution in [0.5, 0.6) is 0 Å². The van der Waals surface area contributed by atoms with Gasteiger partial charge in [0.25, 0.3) is 0 Å². The molecule has 2 aliphatic rings. The van der Waals surface area contributed by atoms with Gasteiger partial charge in [-0.15, -0.1) is 0 Å². The quantitative estimate of drug-likeness (QED) is 0.850. The zero-order valence-corrected chi connectivity index (χ0v) is 14.7. The molecule has 26 heavy (non-hydrogen) atoms. The van der Waals surface area contributed by atoms with Crippen LogP contribution in [0.2, 0.25) is 0 Å². The summed E-state index contributed by atoms with van der Waals surface area (Å²) in [7, 11) is 1.66. The number of carbonyl (C=O) groups is 2. The molecule has 0 unspecified atom stereocenters. The molecule has 2 aromatic rings. The fraction of sp³-hybridized carbons (Fsp3) is 0.333. The van der Waals surface area contributed by atoms with E-state index in [1.807, 2.05) is 6.07 Å². The van der Waals surface area contributed by atoms with Crippen molar-refractivity contribution in [2.45, 2.75) is 25.7 Å². The summed E-state index contributed by atoms with van der Waals surface area (Å²) < 4.78 is 13.1. The first-order valence-electron chi connectivity index (χ1n) is 8.98. The van der Waals surface area contributed by atoms with Crippen LogP contribution in [0.25, 0.3) is 0 Å². The summed E-state index contributed by atoms with van der Waals surface area (Å²) in [6.07, 6.45) is 3.53. The average molecular weight is 352 g/mol. The highest BCUT2D eigenvalue weighted by molar-refractivity contribution is 6.04. The smallest absolute Gasteiger partial charge is 0.232 e. The zero-order valence-electron chi connectivity index (χ0n) is 14.7. The van der Waals surface area contributed by atoms with E-state index in [0.29, 0.717) is 12.2 Å². The van der Waals surface area contributed by atoms with E-state index in [1.54, 1.807) is 24.1 Å². The molecule has 1 aliphatic heterocycles. The lowest BCUT2D eigenvalue weighted by atomic mass is 10.1. The molecule has 4 nitrogen and oxygen atoms in total. The zero-order chi connectivity index (χ0) is 18.3. The molecule has 0 N–H and O–H groups in total. The molecular weight excluding hydrogens is 331 g/mol. The van der Waals surface area contributed by atoms with Crippen LogP contribution in [0.15, 0.2) is 42.5 Å². The van der Waals surface area contributed by atoms with Crippen LogP contribution >= 0.6 is 0 Å². The number of benzene rings is 2. The van der Waals surface area contributed by atoms with Gasteiger partial charge >= 0.3 is 0 Å². The number of anilines is 2. The molecule has 1 heterocycles. The van der Waals surface area contributed by atoms with E-state index in [9.17, 15) is 14.0 Å². The van der Waals surface area contributed by atoms with Gasteiger partial charge in [0.05, 0.1) is 5.92 Å². The summed E-state index contributed by atoms with van der Waals surface area (Å²) in [5, 5.41) is 0. The predicted molar refractivity (Wildman–Crippen MR) is 98.7 cm³/mol. The Morgan fingerprint density at radius 3 is 2.62 bits per heavy atom. The molecule has 1 atom stereocenters. The monoisotopic (exact) mass is 352 g/mol. The third kappa shape index (κ3) is 2.98. The number of rotatable bonds is 3. The first-order chi connectivity index (χ1) is 12.5. The third-order valence-electron chi connectivity index (χ3n) is 5.41. The van der Waals surface area contributed by atoms with Gasteiger partial charge in [-0.1, -0.05) is 6.07 Å². The highest BCUT2D eigenvalue weighted by Crippen LogP contribution is 2.31. The van der Waals surface area contributed by atoms with Gasteiger partial charge in [0.1, 0.15) is 5.82 Å². The molecule has 4 rings (SSSR count). The Hall–Kier alpha value is -2.69. The highest BCUT2D eigenvalue weighted by atomic mass is 19.1. The number of hydrogen-bond acceptors (Lipinski definition) is 2. The molecule has 1 saturated heterocycles. The summed E-state index contributed by atoms with van der Waals surface area (Å²) in [4.78, 5) is 28.5. The van der Waals surface area contributed by atoms with Crippen LogP contribution in [0.4, 0.5) is 15.8 Å². The van der Waals surface area contributed by atoms with Gasteiger partial charge in [-0.05, 0) is 66.8 Å². The van der Waals surface area contributed by atoms with Crippen molar-refractivity contribution in [2.75, 3.05) is 23.4 Å². The maximum atomic E-state index is 13.1. The highest BCUT2D eigenvalue weighted by Gasteiger charge is 2.37. The Balaban J connectivity index is 1.50. The molecule has 0 spiro atoms. The van der Waals surface area contributed by atoms with Crippen molar-refractivity contribution >= 4 is 23.2 Å². The maximum absolute atomic E-state index is 13.1. The molecular formula is C21H21FN2O2. The van der Waals surface area contributed by atoms with Crippen LogP contribution in [-0.4, -0.2) is 25.4 Å². The summed E-state index contributed by atoms with van der Waals surface area (Å²) in [5.41, 5.74) is 4.19. The summed E-state index contributed by atoms with van der Waals surface area (Å²) in [5.74, 6) is -0.860. The molecule has 2 amide bonds. The van der Waals surface area contributed by atoms with Crippen LogP contribution < -0.4 is 9.80 Å². The van der Waals surface area contributed by atoms with Crippen molar-refractivity contribution in [3.8, 4) is 0 Å². The molecule has 5 heteroatoms. The van der Waals surface area contributed by atoms with Crippen LogP contribution in [-0.2, 0) is 22.4 Å². The molecule has 0 bridgehead atoms. The number of halogens is 1. The molecule has 0 radical (unpaired) electrons. The van der Waals surface area contributed by atoms with E-state index in [2.05, 4.69) is 12.1 Å². The van der Waals surface area contributed by atoms with Gasteiger partial charge in [-0.25, -0.2) is 4.39 Å². The minimum Gasteiger partial charge on any atom is -0.315 e. The minimum absolute atomic E-state index is 0.0196. The molecule has 0 aromatic heterocycles. The predicted octanol–water partition coefficient (Wildman–Crippen LogP) is 3.33. The van der Waals surface area contributed by atoms with Crippen molar-refractivity contribution in [3.63, 3.8) is 0 Å². The van der Waals surface area contributed by atoms with E-state index in [0.717, 1.165) is 24.9 Å². The molecule has 0 saturated carbocycles. The lowest BCUT2D eigenvalue weighted by Gasteiger charge is -2.22. The molecule has 2 aromatic carbocycles. The Labute approximate surface area is 152 Å². The lowest BCUT2D eigenvalue weighted by Crippen LogP contribution is -2.34. The summed E-state index contributed by atoms with van der Waals surface area (Å²) >= 11 is 0. The molecule has 1 aliphatic carbocycles. The minimum atomic E-state index is -0.384. The average Bonchev–Trinajstić information content (AvgIpc) is 3.26. The van der Waals surface area contributed by atoms with Gasteiger partial charge < -0.3 is 9.80 Å². The number of amides is 2. The molecule has 134 valence electrons. The van der Waals surface area contributed by atoms with Gasteiger partial charge in [-0.2, -0.15) is 0 Å². The van der Waals surface area contributed by atoms with Crippen LogP contribution in [0.1, 0.15) is 24.0 Å². The second-order valence-electron chi connectivity index (χ2n) is 7.09. The lowest BCUT2D eigenvalue weighted by molar-refractivity contribution is -0.124. The Morgan fingerprint density at radius 2 is 1.85 bits per heavy atom. The van der Waals surface area contributed by atoms with E-state index in [1.165, 1.54) is 28.2 Å². The number of aryl methyl sites for hydroxylation is 2. The molecule has 1 fully saturated rings.